The van der Waals surface area contributed by atoms with Gasteiger partial charge in [0.25, 0.3) is 0 Å². The molecule has 0 bridgehead atoms. The van der Waals surface area contributed by atoms with E-state index >= 15 is 0 Å². The molecule has 0 spiro atoms. The molecule has 86 valence electrons. The van der Waals surface area contributed by atoms with Gasteiger partial charge in [-0.3, -0.25) is 4.68 Å². The third kappa shape index (κ3) is 2.23. The first kappa shape index (κ1) is 12.2. The SMILES string of the molecule is CCc1c(C)nn(C(C)C(C)NC)c1C. The number of aromatic nitrogens is 2. The van der Waals surface area contributed by atoms with Crippen molar-refractivity contribution in [3.05, 3.63) is 17.0 Å². The molecule has 1 aromatic heterocycles. The van der Waals surface area contributed by atoms with Gasteiger partial charge in [-0.1, -0.05) is 6.92 Å². The Labute approximate surface area is 92.9 Å². The largest absolute Gasteiger partial charge is 0.315 e. The van der Waals surface area contributed by atoms with Crippen molar-refractivity contribution in [2.75, 3.05) is 7.05 Å². The van der Waals surface area contributed by atoms with Gasteiger partial charge < -0.3 is 5.32 Å². The van der Waals surface area contributed by atoms with E-state index in [0.29, 0.717) is 12.1 Å². The molecule has 1 rings (SSSR count). The monoisotopic (exact) mass is 209 g/mol. The lowest BCUT2D eigenvalue weighted by molar-refractivity contribution is 0.377. The van der Waals surface area contributed by atoms with Crippen LogP contribution < -0.4 is 5.32 Å². The lowest BCUT2D eigenvalue weighted by Crippen LogP contribution is -2.31. The molecule has 0 fully saturated rings. The van der Waals surface area contributed by atoms with E-state index in [0.717, 1.165) is 6.42 Å². The second kappa shape index (κ2) is 4.79. The summed E-state index contributed by atoms with van der Waals surface area (Å²) in [5.41, 5.74) is 3.87. The first-order chi connectivity index (χ1) is 7.02. The molecule has 0 aliphatic heterocycles. The third-order valence-corrected chi connectivity index (χ3v) is 3.39. The number of aryl methyl sites for hydroxylation is 1. The molecule has 0 saturated heterocycles. The fourth-order valence-electron chi connectivity index (χ4n) is 2.06. The molecule has 0 radical (unpaired) electrons. The average Bonchev–Trinajstić information content (AvgIpc) is 2.51. The van der Waals surface area contributed by atoms with Crippen molar-refractivity contribution in [3.63, 3.8) is 0 Å². The summed E-state index contributed by atoms with van der Waals surface area (Å²) in [4.78, 5) is 0. The predicted octanol–water partition coefficient (Wildman–Crippen LogP) is 2.23. The van der Waals surface area contributed by atoms with E-state index in [1.54, 1.807) is 0 Å². The van der Waals surface area contributed by atoms with Crippen LogP contribution in [0.5, 0.6) is 0 Å². The molecular formula is C12H23N3. The van der Waals surface area contributed by atoms with E-state index in [4.69, 9.17) is 0 Å². The maximum absolute atomic E-state index is 4.63. The van der Waals surface area contributed by atoms with Crippen molar-refractivity contribution in [1.82, 2.24) is 15.1 Å². The summed E-state index contributed by atoms with van der Waals surface area (Å²) in [5.74, 6) is 0. The zero-order valence-corrected chi connectivity index (χ0v) is 10.8. The van der Waals surface area contributed by atoms with E-state index in [2.05, 4.69) is 49.7 Å². The Bertz CT molecular complexity index is 328. The van der Waals surface area contributed by atoms with E-state index < -0.39 is 0 Å². The first-order valence-corrected chi connectivity index (χ1v) is 5.74. The van der Waals surface area contributed by atoms with E-state index in [1.165, 1.54) is 17.0 Å². The Hall–Kier alpha value is -0.830. The standard InChI is InChI=1S/C12H23N3/c1-7-12-9(3)14-15(11(12)5)10(4)8(2)13-6/h8,10,13H,7H2,1-6H3. The van der Waals surface area contributed by atoms with Crippen LogP contribution in [0.4, 0.5) is 0 Å². The van der Waals surface area contributed by atoms with Crippen molar-refractivity contribution in [3.8, 4) is 0 Å². The second-order valence-corrected chi connectivity index (χ2v) is 4.27. The number of nitrogens with one attached hydrogen (secondary N) is 1. The van der Waals surface area contributed by atoms with Crippen LogP contribution >= 0.6 is 0 Å². The van der Waals surface area contributed by atoms with Crippen molar-refractivity contribution < 1.29 is 0 Å². The molecule has 0 aliphatic rings. The van der Waals surface area contributed by atoms with E-state index in [-0.39, 0.29) is 0 Å². The van der Waals surface area contributed by atoms with Gasteiger partial charge in [-0.05, 0) is 46.7 Å². The number of rotatable bonds is 4. The summed E-state index contributed by atoms with van der Waals surface area (Å²) in [6.07, 6.45) is 1.07. The lowest BCUT2D eigenvalue weighted by Gasteiger charge is -2.21. The van der Waals surface area contributed by atoms with Gasteiger partial charge in [0.1, 0.15) is 0 Å². The second-order valence-electron chi connectivity index (χ2n) is 4.27. The quantitative estimate of drug-likeness (QED) is 0.824. The normalized spacial score (nSPS) is 15.3. The van der Waals surface area contributed by atoms with Crippen LogP contribution in [0.1, 0.15) is 43.8 Å². The van der Waals surface area contributed by atoms with Crippen LogP contribution in [0.3, 0.4) is 0 Å². The van der Waals surface area contributed by atoms with Crippen molar-refractivity contribution in [2.45, 2.75) is 53.1 Å². The van der Waals surface area contributed by atoms with Crippen molar-refractivity contribution in [2.24, 2.45) is 0 Å². The molecule has 0 saturated carbocycles. The van der Waals surface area contributed by atoms with Gasteiger partial charge in [-0.15, -0.1) is 0 Å². The molecule has 2 atom stereocenters. The Morgan fingerprint density at radius 3 is 2.33 bits per heavy atom. The van der Waals surface area contributed by atoms with Gasteiger partial charge in [0.05, 0.1) is 11.7 Å². The Morgan fingerprint density at radius 1 is 1.33 bits per heavy atom. The molecule has 1 N–H and O–H groups in total. The molecule has 0 aliphatic carbocycles. The highest BCUT2D eigenvalue weighted by atomic mass is 15.3. The average molecular weight is 209 g/mol. The fraction of sp³-hybridized carbons (Fsp3) is 0.750. The van der Waals surface area contributed by atoms with Gasteiger partial charge in [-0.2, -0.15) is 5.10 Å². The molecule has 1 aromatic rings. The van der Waals surface area contributed by atoms with Gasteiger partial charge in [0, 0.05) is 11.7 Å². The van der Waals surface area contributed by atoms with Crippen molar-refractivity contribution in [1.29, 1.82) is 0 Å². The highest BCUT2D eigenvalue weighted by molar-refractivity contribution is 5.24. The molecular weight excluding hydrogens is 186 g/mol. The van der Waals surface area contributed by atoms with Gasteiger partial charge in [0.15, 0.2) is 0 Å². The van der Waals surface area contributed by atoms with E-state index in [1.807, 2.05) is 7.05 Å². The molecule has 1 heterocycles. The van der Waals surface area contributed by atoms with Crippen LogP contribution in [0.15, 0.2) is 0 Å². The highest BCUT2D eigenvalue weighted by Crippen LogP contribution is 2.19. The van der Waals surface area contributed by atoms with Gasteiger partial charge >= 0.3 is 0 Å². The zero-order chi connectivity index (χ0) is 11.6. The maximum atomic E-state index is 4.63. The van der Waals surface area contributed by atoms with Crippen LogP contribution in [0.2, 0.25) is 0 Å². The minimum atomic E-state index is 0.397. The first-order valence-electron chi connectivity index (χ1n) is 5.74. The van der Waals surface area contributed by atoms with E-state index in [9.17, 15) is 0 Å². The number of hydrogen-bond donors (Lipinski definition) is 1. The lowest BCUT2D eigenvalue weighted by atomic mass is 10.1. The minimum absolute atomic E-state index is 0.397. The third-order valence-electron chi connectivity index (χ3n) is 3.39. The number of nitrogens with zero attached hydrogens (tertiary/aromatic N) is 2. The smallest absolute Gasteiger partial charge is 0.0644 e. The Morgan fingerprint density at radius 2 is 1.93 bits per heavy atom. The summed E-state index contributed by atoms with van der Waals surface area (Å²) in [7, 11) is 1.99. The summed E-state index contributed by atoms with van der Waals surface area (Å²) in [6, 6.07) is 0.835. The molecule has 2 unspecified atom stereocenters. The summed E-state index contributed by atoms with van der Waals surface area (Å²) < 4.78 is 2.15. The summed E-state index contributed by atoms with van der Waals surface area (Å²) in [5, 5.41) is 7.90. The zero-order valence-electron chi connectivity index (χ0n) is 10.8. The molecule has 0 aromatic carbocycles. The molecule has 3 heteroatoms. The molecule has 3 nitrogen and oxygen atoms in total. The topological polar surface area (TPSA) is 29.9 Å². The van der Waals surface area contributed by atoms with Crippen LogP contribution in [0.25, 0.3) is 0 Å². The van der Waals surface area contributed by atoms with Crippen LogP contribution in [-0.2, 0) is 6.42 Å². The van der Waals surface area contributed by atoms with Crippen LogP contribution in [-0.4, -0.2) is 22.9 Å². The summed E-state index contributed by atoms with van der Waals surface area (Å²) in [6.45, 7) is 10.8. The van der Waals surface area contributed by atoms with Gasteiger partial charge in [0.2, 0.25) is 0 Å². The molecule has 15 heavy (non-hydrogen) atoms. The minimum Gasteiger partial charge on any atom is -0.315 e. The number of likely N-dealkylation sites (N-methyl/N-ethyl adjacent to an activating group) is 1. The molecule has 0 amide bonds. The Balaban J connectivity index is 3.05. The highest BCUT2D eigenvalue weighted by Gasteiger charge is 2.18. The maximum Gasteiger partial charge on any atom is 0.0644 e. The fourth-order valence-corrected chi connectivity index (χ4v) is 2.06. The Kier molecular flexibility index (Phi) is 3.91. The summed E-state index contributed by atoms with van der Waals surface area (Å²) >= 11 is 0. The van der Waals surface area contributed by atoms with Crippen LogP contribution in [0, 0.1) is 13.8 Å². The predicted molar refractivity (Wildman–Crippen MR) is 64.3 cm³/mol. The van der Waals surface area contributed by atoms with Gasteiger partial charge in [-0.25, -0.2) is 0 Å². The van der Waals surface area contributed by atoms with Crippen molar-refractivity contribution >= 4 is 0 Å². The number of hydrogen-bond acceptors (Lipinski definition) is 2.